The number of rotatable bonds is 5. The number of methoxy groups -OCH3 is 1. The van der Waals surface area contributed by atoms with Gasteiger partial charge >= 0.3 is 11.8 Å². The van der Waals surface area contributed by atoms with Crippen LogP contribution in [0, 0.1) is 5.92 Å². The highest BCUT2D eigenvalue weighted by Crippen LogP contribution is 2.33. The van der Waals surface area contributed by atoms with E-state index in [1.165, 1.54) is 19.4 Å². The fourth-order valence-corrected chi connectivity index (χ4v) is 3.65. The molecule has 0 saturated carbocycles. The van der Waals surface area contributed by atoms with Gasteiger partial charge in [0, 0.05) is 19.8 Å². The van der Waals surface area contributed by atoms with Gasteiger partial charge < -0.3 is 26.0 Å². The lowest BCUT2D eigenvalue weighted by Crippen LogP contribution is -2.46. The quantitative estimate of drug-likeness (QED) is 0.617. The van der Waals surface area contributed by atoms with Crippen molar-refractivity contribution in [1.82, 2.24) is 14.9 Å². The average molecular weight is 426 g/mol. The second kappa shape index (κ2) is 9.41. The van der Waals surface area contributed by atoms with Crippen LogP contribution in [0.4, 0.5) is 11.5 Å². The largest absolute Gasteiger partial charge is 0.480 e. The number of nitrogens with one attached hydrogen (secondary N) is 2. The lowest BCUT2D eigenvalue weighted by atomic mass is 9.90. The number of pyridine rings is 2. The van der Waals surface area contributed by atoms with Crippen molar-refractivity contribution < 1.29 is 19.1 Å². The average Bonchev–Trinajstić information content (AvgIpc) is 2.78. The maximum Gasteiger partial charge on any atom is 0.313 e. The van der Waals surface area contributed by atoms with Gasteiger partial charge in [0.05, 0.1) is 25.0 Å². The van der Waals surface area contributed by atoms with Crippen molar-refractivity contribution in [3.8, 4) is 5.88 Å². The Hall–Kier alpha value is -3.69. The molecule has 0 aromatic carbocycles. The molecule has 0 bridgehead atoms. The monoisotopic (exact) mass is 426 g/mol. The molecule has 31 heavy (non-hydrogen) atoms. The van der Waals surface area contributed by atoms with Gasteiger partial charge in [0.1, 0.15) is 11.4 Å². The molecule has 1 saturated heterocycles. The standard InChI is InChI=1S/C21H26N6O4/c1-12-4-6-16(13-5-7-17(23-2)24-9-13)27(11-12)21(30)19(29)26-14-8-15(18(22)28)20(31-3)25-10-14/h5,7-10,12,16H,4,6,11H2,1-3H3,(H2,22,28)(H,23,24)(H,26,29). The minimum Gasteiger partial charge on any atom is -0.480 e. The van der Waals surface area contributed by atoms with Gasteiger partial charge in [-0.2, -0.15) is 0 Å². The highest BCUT2D eigenvalue weighted by molar-refractivity contribution is 6.39. The fourth-order valence-electron chi connectivity index (χ4n) is 3.65. The van der Waals surface area contributed by atoms with E-state index in [9.17, 15) is 14.4 Å². The molecule has 4 N–H and O–H groups in total. The molecule has 164 valence electrons. The Bertz CT molecular complexity index is 978. The number of hydrogen-bond donors (Lipinski definition) is 3. The Kier molecular flexibility index (Phi) is 6.68. The summed E-state index contributed by atoms with van der Waals surface area (Å²) >= 11 is 0. The van der Waals surface area contributed by atoms with Crippen molar-refractivity contribution in [3.05, 3.63) is 41.7 Å². The number of carbonyl (C=O) groups is 3. The third-order valence-corrected chi connectivity index (χ3v) is 5.27. The van der Waals surface area contributed by atoms with Gasteiger partial charge in [-0.3, -0.25) is 14.4 Å². The molecule has 1 fully saturated rings. The molecule has 2 unspecified atom stereocenters. The van der Waals surface area contributed by atoms with Crippen LogP contribution in [-0.2, 0) is 9.59 Å². The number of nitrogens with two attached hydrogens (primary N) is 1. The van der Waals surface area contributed by atoms with Crippen LogP contribution < -0.4 is 21.1 Å². The Morgan fingerprint density at radius 1 is 1.19 bits per heavy atom. The molecule has 10 heteroatoms. The van der Waals surface area contributed by atoms with Gasteiger partial charge in [-0.05, 0) is 36.5 Å². The Morgan fingerprint density at radius 3 is 2.58 bits per heavy atom. The van der Waals surface area contributed by atoms with E-state index in [0.29, 0.717) is 6.54 Å². The molecule has 1 aliphatic rings. The number of anilines is 2. The summed E-state index contributed by atoms with van der Waals surface area (Å²) in [6, 6.07) is 4.83. The number of hydrogen-bond acceptors (Lipinski definition) is 7. The number of primary amides is 1. The molecule has 1 aliphatic heterocycles. The van der Waals surface area contributed by atoms with Crippen molar-refractivity contribution in [2.75, 3.05) is 31.3 Å². The van der Waals surface area contributed by atoms with Crippen LogP contribution in [0.25, 0.3) is 0 Å². The topological polar surface area (TPSA) is 140 Å². The number of aromatic nitrogens is 2. The lowest BCUT2D eigenvalue weighted by Gasteiger charge is -2.38. The maximum absolute atomic E-state index is 13.0. The summed E-state index contributed by atoms with van der Waals surface area (Å²) in [6.07, 6.45) is 4.69. The SMILES string of the molecule is CNc1ccc(C2CCC(C)CN2C(=O)C(=O)Nc2cnc(OC)c(C(N)=O)c2)cn1. The third-order valence-electron chi connectivity index (χ3n) is 5.27. The second-order valence-corrected chi connectivity index (χ2v) is 7.48. The number of carbonyl (C=O) groups excluding carboxylic acids is 3. The number of nitrogens with zero attached hydrogens (tertiary/aromatic N) is 3. The van der Waals surface area contributed by atoms with E-state index in [4.69, 9.17) is 10.5 Å². The van der Waals surface area contributed by atoms with Crippen molar-refractivity contribution in [1.29, 1.82) is 0 Å². The molecule has 3 rings (SSSR count). The van der Waals surface area contributed by atoms with Crippen molar-refractivity contribution in [2.45, 2.75) is 25.8 Å². The zero-order valence-corrected chi connectivity index (χ0v) is 17.7. The van der Waals surface area contributed by atoms with Gasteiger partial charge in [0.2, 0.25) is 5.88 Å². The minimum absolute atomic E-state index is 0.00733. The Labute approximate surface area is 180 Å². The molecule has 2 atom stereocenters. The second-order valence-electron chi connectivity index (χ2n) is 7.48. The minimum atomic E-state index is -0.818. The molecule has 2 aromatic rings. The van der Waals surface area contributed by atoms with E-state index < -0.39 is 17.7 Å². The van der Waals surface area contributed by atoms with Gasteiger partial charge in [0.15, 0.2) is 0 Å². The van der Waals surface area contributed by atoms with E-state index in [1.807, 2.05) is 19.1 Å². The number of amides is 3. The van der Waals surface area contributed by atoms with Crippen LogP contribution >= 0.6 is 0 Å². The number of piperidine rings is 1. The van der Waals surface area contributed by atoms with E-state index >= 15 is 0 Å². The maximum atomic E-state index is 13.0. The predicted molar refractivity (Wildman–Crippen MR) is 115 cm³/mol. The highest BCUT2D eigenvalue weighted by Gasteiger charge is 2.34. The summed E-state index contributed by atoms with van der Waals surface area (Å²) in [5, 5.41) is 5.47. The molecule has 0 radical (unpaired) electrons. The predicted octanol–water partition coefficient (Wildman–Crippen LogP) is 1.56. The van der Waals surface area contributed by atoms with Crippen molar-refractivity contribution in [2.24, 2.45) is 11.7 Å². The molecule has 0 aliphatic carbocycles. The van der Waals surface area contributed by atoms with E-state index in [-0.39, 0.29) is 29.1 Å². The first-order valence-electron chi connectivity index (χ1n) is 9.93. The molecule has 3 amide bonds. The van der Waals surface area contributed by atoms with Crippen LogP contribution in [0.5, 0.6) is 5.88 Å². The Morgan fingerprint density at radius 2 is 1.97 bits per heavy atom. The normalized spacial score (nSPS) is 18.2. The molecule has 2 aromatic heterocycles. The van der Waals surface area contributed by atoms with Gasteiger partial charge in [-0.1, -0.05) is 13.0 Å². The van der Waals surface area contributed by atoms with Gasteiger partial charge in [-0.25, -0.2) is 9.97 Å². The molecular formula is C21H26N6O4. The Balaban J connectivity index is 1.80. The van der Waals surface area contributed by atoms with E-state index in [2.05, 4.69) is 20.6 Å². The summed E-state index contributed by atoms with van der Waals surface area (Å²) in [5.74, 6) is -1.21. The van der Waals surface area contributed by atoms with Crippen LogP contribution in [-0.4, -0.2) is 53.3 Å². The fraction of sp³-hybridized carbons (Fsp3) is 0.381. The van der Waals surface area contributed by atoms with E-state index in [0.717, 1.165) is 24.2 Å². The molecule has 0 spiro atoms. The van der Waals surface area contributed by atoms with Crippen LogP contribution in [0.3, 0.4) is 0 Å². The van der Waals surface area contributed by atoms with Crippen LogP contribution in [0.1, 0.15) is 41.7 Å². The van der Waals surface area contributed by atoms with Crippen LogP contribution in [0.15, 0.2) is 30.6 Å². The first-order valence-corrected chi connectivity index (χ1v) is 9.93. The third kappa shape index (κ3) is 4.90. The first kappa shape index (κ1) is 22.0. The first-order chi connectivity index (χ1) is 14.8. The summed E-state index contributed by atoms with van der Waals surface area (Å²) in [7, 11) is 3.13. The van der Waals surface area contributed by atoms with Gasteiger partial charge in [0.25, 0.3) is 5.91 Å². The molecule has 10 nitrogen and oxygen atoms in total. The van der Waals surface area contributed by atoms with Crippen molar-refractivity contribution in [3.63, 3.8) is 0 Å². The van der Waals surface area contributed by atoms with E-state index in [1.54, 1.807) is 18.1 Å². The van der Waals surface area contributed by atoms with Gasteiger partial charge in [-0.15, -0.1) is 0 Å². The summed E-state index contributed by atoms with van der Waals surface area (Å²) < 4.78 is 4.99. The zero-order valence-electron chi connectivity index (χ0n) is 17.7. The van der Waals surface area contributed by atoms with Crippen molar-refractivity contribution >= 4 is 29.2 Å². The molecular weight excluding hydrogens is 400 g/mol. The molecule has 3 heterocycles. The highest BCUT2D eigenvalue weighted by atomic mass is 16.5. The number of likely N-dealkylation sites (tertiary alicyclic amines) is 1. The summed E-state index contributed by atoms with van der Waals surface area (Å²) in [6.45, 7) is 2.50. The summed E-state index contributed by atoms with van der Waals surface area (Å²) in [5.41, 5.74) is 6.38. The lowest BCUT2D eigenvalue weighted by molar-refractivity contribution is -0.146. The number of ether oxygens (including phenoxy) is 1. The summed E-state index contributed by atoms with van der Waals surface area (Å²) in [4.78, 5) is 47.2. The smallest absolute Gasteiger partial charge is 0.313 e. The zero-order chi connectivity index (χ0) is 22.5. The van der Waals surface area contributed by atoms with Crippen LogP contribution in [0.2, 0.25) is 0 Å².